The molecule has 2 N–H and O–H groups in total. The zero-order valence-corrected chi connectivity index (χ0v) is 14.7. The van der Waals surface area contributed by atoms with E-state index < -0.39 is 0 Å². The normalized spacial score (nSPS) is 14.7. The van der Waals surface area contributed by atoms with E-state index in [1.54, 1.807) is 12.4 Å². The Morgan fingerprint density at radius 2 is 2.08 bits per heavy atom. The van der Waals surface area contributed by atoms with Crippen molar-refractivity contribution in [3.63, 3.8) is 0 Å². The van der Waals surface area contributed by atoms with E-state index in [1.165, 1.54) is 0 Å². The second kappa shape index (κ2) is 6.59. The van der Waals surface area contributed by atoms with Crippen molar-refractivity contribution in [2.75, 3.05) is 11.9 Å². The summed E-state index contributed by atoms with van der Waals surface area (Å²) in [6, 6.07) is 11.9. The molecule has 3 heterocycles. The number of nitrogens with zero attached hydrogens (tertiary/aromatic N) is 1. The highest BCUT2D eigenvalue weighted by atomic mass is 16.5. The highest BCUT2D eigenvalue weighted by Gasteiger charge is 2.21. The molecule has 0 amide bonds. The van der Waals surface area contributed by atoms with E-state index >= 15 is 0 Å². The largest absolute Gasteiger partial charge is 0.507 e. The van der Waals surface area contributed by atoms with Gasteiger partial charge in [0, 0.05) is 35.5 Å². The fraction of sp³-hybridized carbons (Fsp3) is 0.190. The van der Waals surface area contributed by atoms with Gasteiger partial charge in [0.15, 0.2) is 11.5 Å². The van der Waals surface area contributed by atoms with E-state index in [4.69, 9.17) is 9.15 Å². The molecule has 26 heavy (non-hydrogen) atoms. The van der Waals surface area contributed by atoms with Crippen molar-refractivity contribution in [3.05, 3.63) is 77.0 Å². The third-order valence-electron chi connectivity index (χ3n) is 4.50. The van der Waals surface area contributed by atoms with E-state index in [9.17, 15) is 5.11 Å². The lowest BCUT2D eigenvalue weighted by Crippen LogP contribution is -2.08. The number of hydrogen-bond donors (Lipinski definition) is 2. The molecule has 0 spiro atoms. The fourth-order valence-electron chi connectivity index (χ4n) is 3.03. The Hall–Kier alpha value is -3.21. The van der Waals surface area contributed by atoms with Crippen LogP contribution in [0.1, 0.15) is 25.2 Å². The maximum absolute atomic E-state index is 10.2. The molecule has 0 atom stereocenters. The first-order valence-electron chi connectivity index (χ1n) is 8.51. The molecule has 1 aromatic carbocycles. The molecular formula is C21H20N2O3. The number of aromatic nitrogens is 1. The molecule has 132 valence electrons. The monoisotopic (exact) mass is 348 g/mol. The zero-order valence-electron chi connectivity index (χ0n) is 14.7. The maximum Gasteiger partial charge on any atom is 0.170 e. The number of furan rings is 1. The number of allylic oxidation sites excluding steroid dienone is 1. The molecule has 0 aliphatic carbocycles. The molecule has 0 bridgehead atoms. The van der Waals surface area contributed by atoms with E-state index in [0.29, 0.717) is 30.2 Å². The molecule has 1 aliphatic rings. The first kappa shape index (κ1) is 16.3. The third kappa shape index (κ3) is 3.04. The van der Waals surface area contributed by atoms with Gasteiger partial charge in [-0.1, -0.05) is 6.07 Å². The van der Waals surface area contributed by atoms with Crippen molar-refractivity contribution in [2.45, 2.75) is 20.4 Å². The molecule has 0 unspecified atom stereocenters. The van der Waals surface area contributed by atoms with Crippen LogP contribution in [0.25, 0.3) is 16.7 Å². The summed E-state index contributed by atoms with van der Waals surface area (Å²) in [4.78, 5) is 4.10. The van der Waals surface area contributed by atoms with Gasteiger partial charge in [0.1, 0.15) is 17.9 Å². The number of benzene rings is 1. The SMILES string of the molecule is CC1=C(O)C(C)=C(c2cc3cc(CNc4cccnc4)ccc3o2)OC1. The number of anilines is 1. The van der Waals surface area contributed by atoms with Gasteiger partial charge in [-0.2, -0.15) is 0 Å². The van der Waals surface area contributed by atoms with Crippen LogP contribution in [0.2, 0.25) is 0 Å². The number of hydrogen-bond acceptors (Lipinski definition) is 5. The average molecular weight is 348 g/mol. The average Bonchev–Trinajstić information content (AvgIpc) is 3.08. The Bertz CT molecular complexity index is 1020. The van der Waals surface area contributed by atoms with E-state index in [1.807, 2.05) is 44.2 Å². The summed E-state index contributed by atoms with van der Waals surface area (Å²) in [6.45, 7) is 4.76. The first-order valence-corrected chi connectivity index (χ1v) is 8.51. The van der Waals surface area contributed by atoms with Crippen LogP contribution in [-0.4, -0.2) is 16.7 Å². The molecule has 0 saturated carbocycles. The molecule has 0 saturated heterocycles. The molecule has 4 rings (SSSR count). The summed E-state index contributed by atoms with van der Waals surface area (Å²) in [5, 5.41) is 14.5. The van der Waals surface area contributed by atoms with Crippen molar-refractivity contribution >= 4 is 22.4 Å². The lowest BCUT2D eigenvalue weighted by atomic mass is 10.1. The van der Waals surface area contributed by atoms with Crippen LogP contribution in [0.5, 0.6) is 0 Å². The second-order valence-electron chi connectivity index (χ2n) is 6.45. The van der Waals surface area contributed by atoms with Crippen molar-refractivity contribution < 1.29 is 14.3 Å². The summed E-state index contributed by atoms with van der Waals surface area (Å²) in [6.07, 6.45) is 3.55. The standard InChI is InChI=1S/C21H20N2O3/c1-13-12-25-21(14(2)20(13)24)19-9-16-8-15(5-6-18(16)26-19)10-23-17-4-3-7-22-11-17/h3-9,11,23-24H,10,12H2,1-2H3. The van der Waals surface area contributed by atoms with Crippen molar-refractivity contribution in [1.82, 2.24) is 4.98 Å². The second-order valence-corrected chi connectivity index (χ2v) is 6.45. The van der Waals surface area contributed by atoms with Gasteiger partial charge in [0.2, 0.25) is 0 Å². The van der Waals surface area contributed by atoms with E-state index in [-0.39, 0.29) is 5.76 Å². The number of fused-ring (bicyclic) bond motifs is 1. The molecule has 3 aromatic rings. The molecule has 0 radical (unpaired) electrons. The Labute approximate surface area is 151 Å². The number of aliphatic hydroxyl groups excluding tert-OH is 1. The van der Waals surface area contributed by atoms with Crippen LogP contribution in [0.15, 0.2) is 70.1 Å². The van der Waals surface area contributed by atoms with Crippen molar-refractivity contribution in [3.8, 4) is 0 Å². The van der Waals surface area contributed by atoms with Gasteiger partial charge in [-0.3, -0.25) is 4.98 Å². The van der Waals surface area contributed by atoms with Crippen LogP contribution in [-0.2, 0) is 11.3 Å². The van der Waals surface area contributed by atoms with E-state index in [0.717, 1.165) is 27.8 Å². The van der Waals surface area contributed by atoms with Crippen LogP contribution in [0.4, 0.5) is 5.69 Å². The van der Waals surface area contributed by atoms with Crippen LogP contribution in [0, 0.1) is 0 Å². The molecule has 5 nitrogen and oxygen atoms in total. The number of ether oxygens (including phenoxy) is 1. The van der Waals surface area contributed by atoms with Crippen molar-refractivity contribution in [2.24, 2.45) is 0 Å². The molecule has 2 aromatic heterocycles. The predicted molar refractivity (Wildman–Crippen MR) is 102 cm³/mol. The summed E-state index contributed by atoms with van der Waals surface area (Å²) in [5.74, 6) is 1.52. The van der Waals surface area contributed by atoms with Gasteiger partial charge in [0.25, 0.3) is 0 Å². The molecule has 0 fully saturated rings. The van der Waals surface area contributed by atoms with Gasteiger partial charge in [-0.05, 0) is 49.7 Å². The first-order chi connectivity index (χ1) is 12.6. The van der Waals surface area contributed by atoms with Crippen LogP contribution in [0.3, 0.4) is 0 Å². The Morgan fingerprint density at radius 1 is 1.19 bits per heavy atom. The minimum absolute atomic E-state index is 0.285. The lowest BCUT2D eigenvalue weighted by Gasteiger charge is -2.18. The highest BCUT2D eigenvalue weighted by Crippen LogP contribution is 2.33. The Morgan fingerprint density at radius 3 is 2.88 bits per heavy atom. The summed E-state index contributed by atoms with van der Waals surface area (Å²) in [5.41, 5.74) is 4.44. The fourth-order valence-corrected chi connectivity index (χ4v) is 3.03. The van der Waals surface area contributed by atoms with Crippen molar-refractivity contribution in [1.29, 1.82) is 0 Å². The minimum Gasteiger partial charge on any atom is -0.507 e. The zero-order chi connectivity index (χ0) is 18.1. The number of rotatable bonds is 4. The van der Waals surface area contributed by atoms with E-state index in [2.05, 4.69) is 16.4 Å². The van der Waals surface area contributed by atoms with Gasteiger partial charge in [-0.25, -0.2) is 0 Å². The maximum atomic E-state index is 10.2. The summed E-state index contributed by atoms with van der Waals surface area (Å²) in [7, 11) is 0. The third-order valence-corrected chi connectivity index (χ3v) is 4.50. The summed E-state index contributed by atoms with van der Waals surface area (Å²) < 4.78 is 11.7. The van der Waals surface area contributed by atoms with Gasteiger partial charge in [0.05, 0.1) is 5.69 Å². The van der Waals surface area contributed by atoms with Gasteiger partial charge >= 0.3 is 0 Å². The molecular weight excluding hydrogens is 328 g/mol. The topological polar surface area (TPSA) is 67.5 Å². The predicted octanol–water partition coefficient (Wildman–Crippen LogP) is 5.03. The number of nitrogens with one attached hydrogen (secondary N) is 1. The van der Waals surface area contributed by atoms with Gasteiger partial charge in [-0.15, -0.1) is 0 Å². The van der Waals surface area contributed by atoms with Gasteiger partial charge < -0.3 is 19.6 Å². The summed E-state index contributed by atoms with van der Waals surface area (Å²) >= 11 is 0. The Balaban J connectivity index is 1.60. The Kier molecular flexibility index (Phi) is 4.13. The molecule has 5 heteroatoms. The lowest BCUT2D eigenvalue weighted by molar-refractivity contribution is 0.272. The minimum atomic E-state index is 0.285. The smallest absolute Gasteiger partial charge is 0.170 e. The molecule has 1 aliphatic heterocycles. The number of aliphatic hydroxyl groups is 1. The highest BCUT2D eigenvalue weighted by molar-refractivity contribution is 5.82. The number of pyridine rings is 1. The van der Waals surface area contributed by atoms with Crippen LogP contribution < -0.4 is 5.32 Å². The quantitative estimate of drug-likeness (QED) is 0.692. The van der Waals surface area contributed by atoms with Crippen LogP contribution >= 0.6 is 0 Å².